The van der Waals surface area contributed by atoms with Gasteiger partial charge >= 0.3 is 0 Å². The van der Waals surface area contributed by atoms with E-state index in [0.29, 0.717) is 25.6 Å². The molecule has 0 saturated heterocycles. The molecule has 0 atom stereocenters. The van der Waals surface area contributed by atoms with Gasteiger partial charge in [-0.3, -0.25) is 0 Å². The van der Waals surface area contributed by atoms with Crippen LogP contribution in [0.1, 0.15) is 50.6 Å². The summed E-state index contributed by atoms with van der Waals surface area (Å²) in [4.78, 5) is 8.85. The molecule has 1 heterocycles. The summed E-state index contributed by atoms with van der Waals surface area (Å²) in [6.07, 6.45) is 0. The Bertz CT molecular complexity index is 729. The Morgan fingerprint density at radius 1 is 1.14 bits per heavy atom. The van der Waals surface area contributed by atoms with Gasteiger partial charge in [-0.15, -0.1) is 24.0 Å². The monoisotopic (exact) mass is 500 g/mol. The Labute approximate surface area is 185 Å². The molecule has 28 heavy (non-hydrogen) atoms. The van der Waals surface area contributed by atoms with E-state index in [2.05, 4.69) is 53.5 Å². The first-order valence-electron chi connectivity index (χ1n) is 9.48. The van der Waals surface area contributed by atoms with Crippen molar-refractivity contribution in [1.29, 1.82) is 0 Å². The van der Waals surface area contributed by atoms with Gasteiger partial charge in [-0.2, -0.15) is 0 Å². The first-order valence-corrected chi connectivity index (χ1v) is 9.48. The molecule has 0 unspecified atom stereocenters. The van der Waals surface area contributed by atoms with Crippen molar-refractivity contribution < 1.29 is 9.15 Å². The quantitative estimate of drug-likeness (QED) is 0.256. The van der Waals surface area contributed by atoms with Crippen LogP contribution in [-0.4, -0.2) is 30.6 Å². The average molecular weight is 500 g/mol. The highest BCUT2D eigenvalue weighted by Crippen LogP contribution is 2.24. The van der Waals surface area contributed by atoms with Crippen molar-refractivity contribution >= 4 is 29.9 Å². The van der Waals surface area contributed by atoms with Crippen LogP contribution >= 0.6 is 24.0 Å². The molecule has 0 spiro atoms. The number of aryl methyl sites for hydroxylation is 2. The van der Waals surface area contributed by atoms with E-state index in [1.165, 1.54) is 5.56 Å². The second-order valence-corrected chi connectivity index (χ2v) is 7.49. The van der Waals surface area contributed by atoms with Crippen LogP contribution in [0.5, 0.6) is 5.75 Å². The summed E-state index contributed by atoms with van der Waals surface area (Å²) in [7, 11) is 0. The summed E-state index contributed by atoms with van der Waals surface area (Å²) in [6, 6.07) is 8.28. The normalized spacial score (nSPS) is 11.7. The summed E-state index contributed by atoms with van der Waals surface area (Å²) in [5.41, 5.74) is 2.35. The van der Waals surface area contributed by atoms with E-state index in [-0.39, 0.29) is 29.4 Å². The van der Waals surface area contributed by atoms with Gasteiger partial charge in [0.15, 0.2) is 5.96 Å². The van der Waals surface area contributed by atoms with Crippen molar-refractivity contribution in [3.8, 4) is 5.75 Å². The number of hydrogen-bond donors (Lipinski definition) is 2. The Hall–Kier alpha value is -1.77. The Morgan fingerprint density at radius 3 is 2.36 bits per heavy atom. The standard InChI is InChI=1S/C21H32N4O2.HI/c1-7-22-20(24-14-19-25-15(2)16(3)27-19)23-12-13-26-18-10-8-17(9-11-18)21(4,5)6;/h8-11H,7,12-14H2,1-6H3,(H2,22,23,24);1H. The molecule has 6 nitrogen and oxygen atoms in total. The van der Waals surface area contributed by atoms with Crippen LogP contribution in [0.25, 0.3) is 0 Å². The molecule has 0 aliphatic rings. The predicted octanol–water partition coefficient (Wildman–Crippen LogP) is 4.34. The highest BCUT2D eigenvalue weighted by molar-refractivity contribution is 14.0. The van der Waals surface area contributed by atoms with Crippen LogP contribution in [-0.2, 0) is 12.0 Å². The van der Waals surface area contributed by atoms with Gasteiger partial charge in [0.25, 0.3) is 0 Å². The number of nitrogens with one attached hydrogen (secondary N) is 2. The van der Waals surface area contributed by atoms with Gasteiger partial charge in [0.2, 0.25) is 5.89 Å². The number of rotatable bonds is 7. The average Bonchev–Trinajstić information content (AvgIpc) is 2.94. The fourth-order valence-electron chi connectivity index (χ4n) is 2.48. The minimum atomic E-state index is 0. The molecule has 1 aromatic carbocycles. The van der Waals surface area contributed by atoms with Crippen LogP contribution in [0, 0.1) is 13.8 Å². The Morgan fingerprint density at radius 2 is 1.82 bits per heavy atom. The summed E-state index contributed by atoms with van der Waals surface area (Å²) in [5, 5.41) is 6.47. The minimum Gasteiger partial charge on any atom is -0.492 e. The lowest BCUT2D eigenvalue weighted by molar-refractivity contribution is 0.321. The minimum absolute atomic E-state index is 0. The Balaban J connectivity index is 0.00000392. The molecular weight excluding hydrogens is 467 g/mol. The van der Waals surface area contributed by atoms with E-state index in [9.17, 15) is 0 Å². The smallest absolute Gasteiger partial charge is 0.216 e. The third-order valence-electron chi connectivity index (χ3n) is 4.17. The third kappa shape index (κ3) is 7.69. The number of ether oxygens (including phenoxy) is 1. The Kier molecular flexibility index (Phi) is 9.78. The number of nitrogens with zero attached hydrogens (tertiary/aromatic N) is 2. The van der Waals surface area contributed by atoms with Crippen LogP contribution in [0.15, 0.2) is 33.7 Å². The molecule has 7 heteroatoms. The number of aliphatic imine (C=N–C) groups is 1. The number of benzene rings is 1. The van der Waals surface area contributed by atoms with E-state index < -0.39 is 0 Å². The summed E-state index contributed by atoms with van der Waals surface area (Å²) >= 11 is 0. The molecule has 2 N–H and O–H groups in total. The number of hydrogen-bond acceptors (Lipinski definition) is 4. The lowest BCUT2D eigenvalue weighted by Crippen LogP contribution is -2.39. The van der Waals surface area contributed by atoms with Gasteiger partial charge in [0, 0.05) is 6.54 Å². The lowest BCUT2D eigenvalue weighted by atomic mass is 9.87. The van der Waals surface area contributed by atoms with Crippen molar-refractivity contribution in [3.05, 3.63) is 47.2 Å². The first kappa shape index (κ1) is 24.3. The first-order chi connectivity index (χ1) is 12.8. The second-order valence-electron chi connectivity index (χ2n) is 7.49. The van der Waals surface area contributed by atoms with Crippen molar-refractivity contribution in [2.75, 3.05) is 19.7 Å². The molecule has 0 fully saturated rings. The molecular formula is C21H33IN4O2. The number of aromatic nitrogens is 1. The van der Waals surface area contributed by atoms with E-state index >= 15 is 0 Å². The number of halogens is 1. The largest absolute Gasteiger partial charge is 0.492 e. The van der Waals surface area contributed by atoms with Crippen molar-refractivity contribution in [1.82, 2.24) is 15.6 Å². The lowest BCUT2D eigenvalue weighted by Gasteiger charge is -2.19. The molecule has 156 valence electrons. The molecule has 0 bridgehead atoms. The van der Waals surface area contributed by atoms with E-state index in [4.69, 9.17) is 9.15 Å². The van der Waals surface area contributed by atoms with Gasteiger partial charge in [-0.1, -0.05) is 32.9 Å². The summed E-state index contributed by atoms with van der Waals surface area (Å²) in [5.74, 6) is 3.05. The second kappa shape index (κ2) is 11.3. The molecule has 2 rings (SSSR count). The van der Waals surface area contributed by atoms with Crippen LogP contribution < -0.4 is 15.4 Å². The zero-order valence-corrected chi connectivity index (χ0v) is 20.1. The van der Waals surface area contributed by atoms with E-state index in [1.807, 2.05) is 32.9 Å². The summed E-state index contributed by atoms with van der Waals surface area (Å²) < 4.78 is 11.4. The predicted molar refractivity (Wildman–Crippen MR) is 125 cm³/mol. The van der Waals surface area contributed by atoms with Crippen LogP contribution in [0.2, 0.25) is 0 Å². The fraction of sp³-hybridized carbons (Fsp3) is 0.524. The summed E-state index contributed by atoms with van der Waals surface area (Å²) in [6.45, 7) is 14.9. The van der Waals surface area contributed by atoms with Crippen molar-refractivity contribution in [2.45, 2.75) is 53.5 Å². The maximum Gasteiger partial charge on any atom is 0.216 e. The SMILES string of the molecule is CCNC(=NCc1nc(C)c(C)o1)NCCOc1ccc(C(C)(C)C)cc1.I. The van der Waals surface area contributed by atoms with Crippen molar-refractivity contribution in [3.63, 3.8) is 0 Å². The van der Waals surface area contributed by atoms with Crippen LogP contribution in [0.3, 0.4) is 0 Å². The van der Waals surface area contributed by atoms with Gasteiger partial charge in [0.1, 0.15) is 24.7 Å². The van der Waals surface area contributed by atoms with Gasteiger partial charge in [-0.05, 0) is 43.9 Å². The zero-order valence-electron chi connectivity index (χ0n) is 17.8. The van der Waals surface area contributed by atoms with E-state index in [1.54, 1.807) is 0 Å². The van der Waals surface area contributed by atoms with E-state index in [0.717, 1.165) is 29.7 Å². The molecule has 0 aliphatic carbocycles. The van der Waals surface area contributed by atoms with Crippen molar-refractivity contribution in [2.24, 2.45) is 4.99 Å². The molecule has 1 aromatic heterocycles. The van der Waals surface area contributed by atoms with Gasteiger partial charge in [-0.25, -0.2) is 9.98 Å². The number of guanidine groups is 1. The molecule has 0 amide bonds. The third-order valence-corrected chi connectivity index (χ3v) is 4.17. The molecule has 0 saturated carbocycles. The topological polar surface area (TPSA) is 71.7 Å². The van der Waals surface area contributed by atoms with Gasteiger partial charge < -0.3 is 19.8 Å². The maximum atomic E-state index is 5.81. The number of oxazole rings is 1. The maximum absolute atomic E-state index is 5.81. The highest BCUT2D eigenvalue weighted by atomic mass is 127. The zero-order chi connectivity index (χ0) is 19.9. The van der Waals surface area contributed by atoms with Crippen LogP contribution in [0.4, 0.5) is 0 Å². The fourth-order valence-corrected chi connectivity index (χ4v) is 2.48. The molecule has 0 radical (unpaired) electrons. The molecule has 2 aromatic rings. The molecule has 0 aliphatic heterocycles. The highest BCUT2D eigenvalue weighted by Gasteiger charge is 2.12. The van der Waals surface area contributed by atoms with Gasteiger partial charge in [0.05, 0.1) is 12.2 Å².